The monoisotopic (exact) mass is 521 g/mol. The van der Waals surface area contributed by atoms with Gasteiger partial charge in [-0.15, -0.1) is 0 Å². The van der Waals surface area contributed by atoms with Gasteiger partial charge in [0, 0.05) is 20.6 Å². The zero-order valence-corrected chi connectivity index (χ0v) is 21.0. The van der Waals surface area contributed by atoms with Crippen molar-refractivity contribution in [3.63, 3.8) is 0 Å². The summed E-state index contributed by atoms with van der Waals surface area (Å²) in [6, 6.07) is 44.4. The van der Waals surface area contributed by atoms with E-state index < -0.39 is 0 Å². The first-order valence-corrected chi connectivity index (χ1v) is 13.0. The highest BCUT2D eigenvalue weighted by Crippen LogP contribution is 2.42. The van der Waals surface area contributed by atoms with Crippen LogP contribution in [0.2, 0.25) is 0 Å². The molecule has 1 nitrogen and oxygen atoms in total. The van der Waals surface area contributed by atoms with Gasteiger partial charge in [-0.1, -0.05) is 107 Å². The summed E-state index contributed by atoms with van der Waals surface area (Å²) in [5.41, 5.74) is 6.21. The van der Waals surface area contributed by atoms with E-state index in [9.17, 15) is 0 Å². The lowest BCUT2D eigenvalue weighted by Crippen LogP contribution is -1.96. The van der Waals surface area contributed by atoms with Crippen LogP contribution in [0, 0.1) is 0 Å². The number of nitrogens with zero attached hydrogens (tertiary/aromatic N) is 1. The largest absolute Gasteiger partial charge is 0.309 e. The third-order valence-corrected chi connectivity index (χ3v) is 8.15. The van der Waals surface area contributed by atoms with Gasteiger partial charge in [-0.25, -0.2) is 0 Å². The first-order valence-electron chi connectivity index (χ1n) is 12.2. The van der Waals surface area contributed by atoms with Crippen LogP contribution in [0.5, 0.6) is 0 Å². The summed E-state index contributed by atoms with van der Waals surface area (Å²) in [7, 11) is 0. The summed E-state index contributed by atoms with van der Waals surface area (Å²) in [6.07, 6.45) is 0. The van der Waals surface area contributed by atoms with Crippen LogP contribution >= 0.6 is 15.9 Å². The third-order valence-electron chi connectivity index (χ3n) is 7.62. The van der Waals surface area contributed by atoms with Crippen LogP contribution in [-0.4, -0.2) is 4.57 Å². The average molecular weight is 522 g/mol. The average Bonchev–Trinajstić information content (AvgIpc) is 3.26. The molecule has 0 amide bonds. The summed E-state index contributed by atoms with van der Waals surface area (Å²) >= 11 is 3.58. The zero-order valence-electron chi connectivity index (χ0n) is 19.4. The van der Waals surface area contributed by atoms with Crippen LogP contribution in [0.25, 0.3) is 70.9 Å². The number of halogens is 1. The van der Waals surface area contributed by atoms with E-state index in [4.69, 9.17) is 0 Å². The number of hydrogen-bond donors (Lipinski definition) is 0. The fourth-order valence-corrected chi connectivity index (χ4v) is 6.31. The number of benzene rings is 7. The van der Waals surface area contributed by atoms with Crippen LogP contribution < -0.4 is 0 Å². The summed E-state index contributed by atoms with van der Waals surface area (Å²) in [6.45, 7) is 0. The van der Waals surface area contributed by atoms with Crippen molar-refractivity contribution >= 4 is 70.1 Å². The molecule has 1 aromatic heterocycles. The molecule has 7 aromatic carbocycles. The van der Waals surface area contributed by atoms with Crippen LogP contribution in [0.4, 0.5) is 0 Å². The molecule has 0 bridgehead atoms. The second kappa shape index (κ2) is 7.43. The maximum absolute atomic E-state index is 3.58. The lowest BCUT2D eigenvalue weighted by atomic mass is 9.89. The second-order valence-electron chi connectivity index (χ2n) is 9.50. The molecule has 168 valence electrons. The van der Waals surface area contributed by atoms with Crippen molar-refractivity contribution in [2.24, 2.45) is 0 Å². The lowest BCUT2D eigenvalue weighted by Gasteiger charge is -2.18. The predicted octanol–water partition coefficient (Wildman–Crippen LogP) is 10.1. The number of fused-ring (bicyclic) bond motifs is 3. The van der Waals surface area contributed by atoms with Gasteiger partial charge >= 0.3 is 0 Å². The van der Waals surface area contributed by atoms with Crippen LogP contribution in [0.3, 0.4) is 0 Å². The van der Waals surface area contributed by atoms with Crippen molar-refractivity contribution in [2.45, 2.75) is 0 Å². The van der Waals surface area contributed by atoms with Gasteiger partial charge in [-0.2, -0.15) is 0 Å². The van der Waals surface area contributed by atoms with E-state index in [0.29, 0.717) is 0 Å². The van der Waals surface area contributed by atoms with Gasteiger partial charge in [0.05, 0.1) is 16.7 Å². The molecule has 0 saturated carbocycles. The Kier molecular flexibility index (Phi) is 4.15. The molecule has 2 heteroatoms. The molecule has 0 radical (unpaired) electrons. The van der Waals surface area contributed by atoms with Crippen molar-refractivity contribution in [2.75, 3.05) is 0 Å². The molecule has 1 heterocycles. The molecule has 0 aliphatic heterocycles. The van der Waals surface area contributed by atoms with Crippen LogP contribution in [0.15, 0.2) is 126 Å². The minimum atomic E-state index is 1.10. The number of hydrogen-bond acceptors (Lipinski definition) is 0. The van der Waals surface area contributed by atoms with Gasteiger partial charge in [0.25, 0.3) is 0 Å². The number of aromatic nitrogens is 1. The predicted molar refractivity (Wildman–Crippen MR) is 158 cm³/mol. The Hall–Kier alpha value is -4.14. The SMILES string of the molecule is Brc1ccc(-c2ccc3ccc4c(-n5c6ccccc6c6ccccc65)ccc5ccc2c3c54)cc1. The minimum absolute atomic E-state index is 1.10. The highest BCUT2D eigenvalue weighted by atomic mass is 79.9. The van der Waals surface area contributed by atoms with Crippen molar-refractivity contribution < 1.29 is 0 Å². The van der Waals surface area contributed by atoms with Crippen molar-refractivity contribution in [1.82, 2.24) is 4.57 Å². The van der Waals surface area contributed by atoms with E-state index >= 15 is 0 Å². The molecule has 8 rings (SSSR count). The smallest absolute Gasteiger partial charge is 0.0541 e. The molecule has 0 unspecified atom stereocenters. The second-order valence-corrected chi connectivity index (χ2v) is 10.4. The topological polar surface area (TPSA) is 4.93 Å². The van der Waals surface area contributed by atoms with E-state index in [1.54, 1.807) is 0 Å². The van der Waals surface area contributed by atoms with Crippen LogP contribution in [-0.2, 0) is 0 Å². The van der Waals surface area contributed by atoms with Gasteiger partial charge in [0.2, 0.25) is 0 Å². The van der Waals surface area contributed by atoms with E-state index in [1.807, 2.05) is 0 Å². The van der Waals surface area contributed by atoms with Gasteiger partial charge in [-0.05, 0) is 68.4 Å². The third kappa shape index (κ3) is 2.71. The number of para-hydroxylation sites is 2. The standard InChI is InChI=1S/C34H20BrN/c35-24-15-9-21(10-16-24)25-17-11-22-13-19-29-32(20-14-23-12-18-28(25)33(22)34(23)29)36-30-7-3-1-5-26(30)27-6-2-4-8-31(27)36/h1-20H. The Labute approximate surface area is 216 Å². The van der Waals surface area contributed by atoms with Gasteiger partial charge in [0.15, 0.2) is 0 Å². The maximum Gasteiger partial charge on any atom is 0.0541 e. The van der Waals surface area contributed by atoms with Crippen molar-refractivity contribution in [1.29, 1.82) is 0 Å². The highest BCUT2D eigenvalue weighted by molar-refractivity contribution is 9.10. The summed E-state index contributed by atoms with van der Waals surface area (Å²) in [5.74, 6) is 0. The molecule has 0 atom stereocenters. The summed E-state index contributed by atoms with van der Waals surface area (Å²) in [4.78, 5) is 0. The molecule has 8 aromatic rings. The van der Waals surface area contributed by atoms with Gasteiger partial charge in [-0.3, -0.25) is 0 Å². The molecule has 0 N–H and O–H groups in total. The van der Waals surface area contributed by atoms with Gasteiger partial charge < -0.3 is 4.57 Å². The maximum atomic E-state index is 3.58. The highest BCUT2D eigenvalue weighted by Gasteiger charge is 2.17. The Morgan fingerprint density at radius 1 is 0.444 bits per heavy atom. The Bertz CT molecular complexity index is 2040. The molecule has 0 spiro atoms. The van der Waals surface area contributed by atoms with Gasteiger partial charge in [0.1, 0.15) is 0 Å². The number of rotatable bonds is 2. The normalized spacial score (nSPS) is 12.0. The van der Waals surface area contributed by atoms with E-state index in [2.05, 4.69) is 142 Å². The lowest BCUT2D eigenvalue weighted by molar-refractivity contribution is 1.20. The zero-order chi connectivity index (χ0) is 23.8. The quantitative estimate of drug-likeness (QED) is 0.199. The van der Waals surface area contributed by atoms with E-state index in [-0.39, 0.29) is 0 Å². The molecular formula is C34H20BrN. The fourth-order valence-electron chi connectivity index (χ4n) is 6.04. The minimum Gasteiger partial charge on any atom is -0.309 e. The Balaban J connectivity index is 1.51. The van der Waals surface area contributed by atoms with Crippen molar-refractivity contribution in [3.05, 3.63) is 126 Å². The summed E-state index contributed by atoms with van der Waals surface area (Å²) < 4.78 is 3.53. The van der Waals surface area contributed by atoms with Crippen LogP contribution in [0.1, 0.15) is 0 Å². The first kappa shape index (κ1) is 20.1. The molecule has 0 aliphatic carbocycles. The molecule has 0 saturated heterocycles. The first-order chi connectivity index (χ1) is 17.8. The molecular weight excluding hydrogens is 502 g/mol. The van der Waals surface area contributed by atoms with Crippen molar-refractivity contribution in [3.8, 4) is 16.8 Å². The van der Waals surface area contributed by atoms with E-state index in [1.165, 1.54) is 70.9 Å². The van der Waals surface area contributed by atoms with E-state index in [0.717, 1.165) is 4.47 Å². The Morgan fingerprint density at radius 3 is 1.69 bits per heavy atom. The molecule has 0 aliphatic rings. The fraction of sp³-hybridized carbons (Fsp3) is 0. The molecule has 0 fully saturated rings. The molecule has 36 heavy (non-hydrogen) atoms. The Morgan fingerprint density at radius 2 is 1.00 bits per heavy atom. The summed E-state index contributed by atoms with van der Waals surface area (Å²) in [5, 5.41) is 10.4.